The van der Waals surface area contributed by atoms with Gasteiger partial charge in [-0.3, -0.25) is 4.79 Å². The molecule has 0 unspecified atom stereocenters. The molecule has 0 spiro atoms. The number of hydrogen-bond acceptors (Lipinski definition) is 4. The summed E-state index contributed by atoms with van der Waals surface area (Å²) in [5, 5.41) is 0. The van der Waals surface area contributed by atoms with E-state index in [1.807, 2.05) is 44.4 Å². The largest absolute Gasteiger partial charge is 0.489 e. The van der Waals surface area contributed by atoms with Gasteiger partial charge in [-0.15, -0.1) is 0 Å². The summed E-state index contributed by atoms with van der Waals surface area (Å²) in [7, 11) is 0. The smallest absolute Gasteiger partial charge is 0.254 e. The molecule has 2 fully saturated rings. The molecule has 162 valence electrons. The van der Waals surface area contributed by atoms with E-state index >= 15 is 0 Å². The standard InChI is InChI=1S/C27H27N3O2/c1-18-13-25(32-17-22-15-28-27(29-16-22)24-11-12-24)14-26(31)30(18)19(2)23-9-7-21(8-10-23)6-5-20-3-4-20/h7-10,13-16,19-20,24H,3-4,11-12,17H2,1-2H3/t19-/m1/s1. The lowest BCUT2D eigenvalue weighted by molar-refractivity contribution is 0.303. The first-order valence-electron chi connectivity index (χ1n) is 11.3. The number of aromatic nitrogens is 3. The van der Waals surface area contributed by atoms with Gasteiger partial charge in [-0.2, -0.15) is 0 Å². The van der Waals surface area contributed by atoms with E-state index in [4.69, 9.17) is 4.74 Å². The third-order valence-electron chi connectivity index (χ3n) is 6.09. The fourth-order valence-corrected chi connectivity index (χ4v) is 3.83. The van der Waals surface area contributed by atoms with Gasteiger partial charge in [-0.1, -0.05) is 24.0 Å². The highest BCUT2D eigenvalue weighted by atomic mass is 16.5. The van der Waals surface area contributed by atoms with Crippen molar-refractivity contribution in [3.05, 3.63) is 87.4 Å². The maximum absolute atomic E-state index is 12.9. The third-order valence-corrected chi connectivity index (χ3v) is 6.09. The van der Waals surface area contributed by atoms with Crippen LogP contribution >= 0.6 is 0 Å². The van der Waals surface area contributed by atoms with Gasteiger partial charge in [0.1, 0.15) is 18.2 Å². The zero-order chi connectivity index (χ0) is 22.1. The van der Waals surface area contributed by atoms with Crippen LogP contribution in [-0.4, -0.2) is 14.5 Å². The van der Waals surface area contributed by atoms with Crippen molar-refractivity contribution >= 4 is 0 Å². The molecule has 1 atom stereocenters. The molecular weight excluding hydrogens is 398 g/mol. The van der Waals surface area contributed by atoms with Crippen LogP contribution in [0.3, 0.4) is 0 Å². The molecule has 0 N–H and O–H groups in total. The van der Waals surface area contributed by atoms with Crippen LogP contribution in [0.15, 0.2) is 53.6 Å². The number of nitrogens with zero attached hydrogens (tertiary/aromatic N) is 3. The molecule has 0 radical (unpaired) electrons. The Morgan fingerprint density at radius 3 is 2.44 bits per heavy atom. The van der Waals surface area contributed by atoms with E-state index in [9.17, 15) is 4.79 Å². The topological polar surface area (TPSA) is 57.0 Å². The van der Waals surface area contributed by atoms with Crippen LogP contribution in [0.5, 0.6) is 5.75 Å². The first-order chi connectivity index (χ1) is 15.6. The SMILES string of the molecule is Cc1cc(OCc2cnc(C3CC3)nc2)cc(=O)n1[C@H](C)c1ccc(C#CC2CC2)cc1. The molecule has 0 amide bonds. The quantitative estimate of drug-likeness (QED) is 0.534. The maximum atomic E-state index is 12.9. The number of pyridine rings is 1. The Morgan fingerprint density at radius 2 is 1.81 bits per heavy atom. The van der Waals surface area contributed by atoms with E-state index in [1.54, 1.807) is 10.6 Å². The summed E-state index contributed by atoms with van der Waals surface area (Å²) in [4.78, 5) is 21.7. The van der Waals surface area contributed by atoms with Crippen molar-refractivity contribution in [2.45, 2.75) is 58.1 Å². The lowest BCUT2D eigenvalue weighted by Crippen LogP contribution is -2.25. The molecule has 2 saturated carbocycles. The van der Waals surface area contributed by atoms with Gasteiger partial charge in [0.05, 0.1) is 6.04 Å². The van der Waals surface area contributed by atoms with E-state index in [0.717, 1.165) is 28.2 Å². The second kappa shape index (κ2) is 8.63. The highest BCUT2D eigenvalue weighted by Crippen LogP contribution is 2.37. The van der Waals surface area contributed by atoms with Crippen molar-refractivity contribution in [1.29, 1.82) is 0 Å². The van der Waals surface area contributed by atoms with Crippen LogP contribution in [0.4, 0.5) is 0 Å². The molecule has 2 aliphatic carbocycles. The van der Waals surface area contributed by atoms with Gasteiger partial charge in [0.2, 0.25) is 0 Å². The van der Waals surface area contributed by atoms with Crippen molar-refractivity contribution in [3.8, 4) is 17.6 Å². The molecule has 2 aromatic heterocycles. The number of benzene rings is 1. The first-order valence-corrected chi connectivity index (χ1v) is 11.3. The van der Waals surface area contributed by atoms with Crippen molar-refractivity contribution in [1.82, 2.24) is 14.5 Å². The van der Waals surface area contributed by atoms with Crippen LogP contribution in [0, 0.1) is 24.7 Å². The minimum atomic E-state index is -0.0784. The molecule has 32 heavy (non-hydrogen) atoms. The Labute approximate surface area is 188 Å². The molecule has 0 aliphatic heterocycles. The molecule has 5 rings (SSSR count). The lowest BCUT2D eigenvalue weighted by atomic mass is 10.1. The summed E-state index contributed by atoms with van der Waals surface area (Å²) < 4.78 is 7.67. The van der Waals surface area contributed by atoms with Crippen LogP contribution in [0.1, 0.15) is 72.8 Å². The number of ether oxygens (including phenoxy) is 1. The number of aryl methyl sites for hydroxylation is 1. The van der Waals surface area contributed by atoms with Gasteiger partial charge in [0, 0.05) is 47.1 Å². The Bertz CT molecular complexity index is 1230. The van der Waals surface area contributed by atoms with Gasteiger partial charge >= 0.3 is 0 Å². The maximum Gasteiger partial charge on any atom is 0.254 e. The van der Waals surface area contributed by atoms with Crippen molar-refractivity contribution in [2.75, 3.05) is 0 Å². The Hall–Kier alpha value is -3.39. The molecule has 2 aliphatic rings. The summed E-state index contributed by atoms with van der Waals surface area (Å²) >= 11 is 0. The molecule has 5 nitrogen and oxygen atoms in total. The third kappa shape index (κ3) is 4.75. The minimum absolute atomic E-state index is 0.0783. The lowest BCUT2D eigenvalue weighted by Gasteiger charge is -2.19. The van der Waals surface area contributed by atoms with Crippen LogP contribution in [0.25, 0.3) is 0 Å². The summed E-state index contributed by atoms with van der Waals surface area (Å²) in [6.45, 7) is 4.32. The number of hydrogen-bond donors (Lipinski definition) is 0. The van der Waals surface area contributed by atoms with E-state index in [0.29, 0.717) is 24.2 Å². The highest BCUT2D eigenvalue weighted by Gasteiger charge is 2.26. The summed E-state index contributed by atoms with van der Waals surface area (Å²) in [5.41, 5.74) is 3.78. The van der Waals surface area contributed by atoms with Crippen molar-refractivity contribution in [2.24, 2.45) is 5.92 Å². The summed E-state index contributed by atoms with van der Waals surface area (Å²) in [6, 6.07) is 11.6. The average Bonchev–Trinajstić information content (AvgIpc) is 3.70. The first kappa shape index (κ1) is 20.5. The zero-order valence-electron chi connectivity index (χ0n) is 18.5. The molecule has 5 heteroatoms. The van der Waals surface area contributed by atoms with Crippen LogP contribution in [-0.2, 0) is 6.61 Å². The summed E-state index contributed by atoms with van der Waals surface area (Å²) in [6.07, 6.45) is 8.45. The second-order valence-corrected chi connectivity index (χ2v) is 8.89. The van der Waals surface area contributed by atoms with Crippen LogP contribution < -0.4 is 10.3 Å². The average molecular weight is 426 g/mol. The predicted molar refractivity (Wildman–Crippen MR) is 124 cm³/mol. The zero-order valence-corrected chi connectivity index (χ0v) is 18.5. The van der Waals surface area contributed by atoms with E-state index < -0.39 is 0 Å². The van der Waals surface area contributed by atoms with E-state index in [1.165, 1.54) is 25.7 Å². The van der Waals surface area contributed by atoms with E-state index in [-0.39, 0.29) is 11.6 Å². The number of rotatable bonds is 6. The normalized spacial score (nSPS) is 16.2. The van der Waals surface area contributed by atoms with Crippen molar-refractivity contribution in [3.63, 3.8) is 0 Å². The predicted octanol–water partition coefficient (Wildman–Crippen LogP) is 4.77. The van der Waals surface area contributed by atoms with Gasteiger partial charge in [-0.25, -0.2) is 9.97 Å². The second-order valence-electron chi connectivity index (χ2n) is 8.89. The highest BCUT2D eigenvalue weighted by molar-refractivity contribution is 5.38. The van der Waals surface area contributed by atoms with Gasteiger partial charge in [0.15, 0.2) is 0 Å². The Kier molecular flexibility index (Phi) is 5.53. The van der Waals surface area contributed by atoms with Gasteiger partial charge < -0.3 is 9.30 Å². The molecule has 0 bridgehead atoms. The van der Waals surface area contributed by atoms with E-state index in [2.05, 4.69) is 33.9 Å². The van der Waals surface area contributed by atoms with Crippen LogP contribution in [0.2, 0.25) is 0 Å². The minimum Gasteiger partial charge on any atom is -0.489 e. The molecule has 3 aromatic rings. The molecule has 2 heterocycles. The fourth-order valence-electron chi connectivity index (χ4n) is 3.83. The fraction of sp³-hybridized carbons (Fsp3) is 0.370. The molecule has 0 saturated heterocycles. The van der Waals surface area contributed by atoms with Gasteiger partial charge in [0.25, 0.3) is 5.56 Å². The van der Waals surface area contributed by atoms with Crippen molar-refractivity contribution < 1.29 is 4.74 Å². The molecular formula is C27H27N3O2. The molecule has 1 aromatic carbocycles. The van der Waals surface area contributed by atoms with Gasteiger partial charge in [-0.05, 0) is 63.3 Å². The Morgan fingerprint density at radius 1 is 1.09 bits per heavy atom. The Balaban J connectivity index is 1.27. The monoisotopic (exact) mass is 425 g/mol. The summed E-state index contributed by atoms with van der Waals surface area (Å²) in [5.74, 6) is 9.13.